The predicted octanol–water partition coefficient (Wildman–Crippen LogP) is 3.36. The first-order chi connectivity index (χ1) is 13.2. The zero-order valence-corrected chi connectivity index (χ0v) is 18.1. The highest BCUT2D eigenvalue weighted by molar-refractivity contribution is 5.14. The molecule has 4 aliphatic carbocycles. The summed E-state index contributed by atoms with van der Waals surface area (Å²) in [5.41, 5.74) is 0.0282. The van der Waals surface area contributed by atoms with Crippen molar-refractivity contribution in [3.05, 3.63) is 0 Å². The van der Waals surface area contributed by atoms with Gasteiger partial charge in [0.25, 0.3) is 0 Å². The molecule has 0 aromatic rings. The maximum Gasteiger partial charge on any atom is 0.0602 e. The molecule has 0 aromatic carbocycles. The van der Waals surface area contributed by atoms with Gasteiger partial charge in [-0.25, -0.2) is 0 Å². The van der Waals surface area contributed by atoms with Gasteiger partial charge in [-0.2, -0.15) is 0 Å². The molecular formula is C24H42O4. The van der Waals surface area contributed by atoms with Gasteiger partial charge in [0.2, 0.25) is 0 Å². The zero-order valence-electron chi connectivity index (χ0n) is 18.1. The Morgan fingerprint density at radius 1 is 0.964 bits per heavy atom. The van der Waals surface area contributed by atoms with E-state index in [1.165, 1.54) is 0 Å². The van der Waals surface area contributed by atoms with Gasteiger partial charge in [0.05, 0.1) is 18.3 Å². The SMILES string of the molecule is C[C@H](CCCO)[C@H]1CC[C@H]2C3[C@H](O)C[C@H]4C[C@H](O)CC[C@]4(C)[C@H]3C[C@H](O)[C@]12C. The first kappa shape index (κ1) is 21.1. The van der Waals surface area contributed by atoms with E-state index in [0.717, 1.165) is 57.8 Å². The van der Waals surface area contributed by atoms with E-state index in [1.807, 2.05) is 0 Å². The molecule has 11 atom stereocenters. The number of fused-ring (bicyclic) bond motifs is 5. The van der Waals surface area contributed by atoms with Crippen molar-refractivity contribution in [2.24, 2.45) is 46.3 Å². The van der Waals surface area contributed by atoms with Crippen LogP contribution in [-0.2, 0) is 0 Å². The molecule has 0 aromatic heterocycles. The molecule has 4 nitrogen and oxygen atoms in total. The quantitative estimate of drug-likeness (QED) is 0.589. The van der Waals surface area contributed by atoms with E-state index in [0.29, 0.717) is 35.5 Å². The fourth-order valence-corrected chi connectivity index (χ4v) is 8.75. The number of hydrogen-bond acceptors (Lipinski definition) is 4. The Morgan fingerprint density at radius 2 is 1.71 bits per heavy atom. The van der Waals surface area contributed by atoms with E-state index in [2.05, 4.69) is 20.8 Å². The average molecular weight is 395 g/mol. The lowest BCUT2D eigenvalue weighted by atomic mass is 9.43. The van der Waals surface area contributed by atoms with Crippen molar-refractivity contribution in [2.75, 3.05) is 6.61 Å². The van der Waals surface area contributed by atoms with Gasteiger partial charge >= 0.3 is 0 Å². The second-order valence-electron chi connectivity index (χ2n) is 11.4. The predicted molar refractivity (Wildman–Crippen MR) is 109 cm³/mol. The summed E-state index contributed by atoms with van der Waals surface area (Å²) >= 11 is 0. The molecular weight excluding hydrogens is 352 g/mol. The molecule has 0 amide bonds. The minimum Gasteiger partial charge on any atom is -0.396 e. The van der Waals surface area contributed by atoms with Gasteiger partial charge in [0, 0.05) is 6.61 Å². The monoisotopic (exact) mass is 394 g/mol. The van der Waals surface area contributed by atoms with E-state index in [1.54, 1.807) is 0 Å². The van der Waals surface area contributed by atoms with Crippen LogP contribution in [0, 0.1) is 46.3 Å². The van der Waals surface area contributed by atoms with Crippen LogP contribution < -0.4 is 0 Å². The van der Waals surface area contributed by atoms with Gasteiger partial charge in [-0.1, -0.05) is 20.8 Å². The molecule has 4 fully saturated rings. The van der Waals surface area contributed by atoms with Crippen molar-refractivity contribution in [3.8, 4) is 0 Å². The normalized spacial score (nSPS) is 54.5. The molecule has 4 aliphatic rings. The molecule has 0 spiro atoms. The third kappa shape index (κ3) is 3.01. The van der Waals surface area contributed by atoms with Crippen LogP contribution in [0.1, 0.15) is 78.6 Å². The van der Waals surface area contributed by atoms with Crippen molar-refractivity contribution in [1.29, 1.82) is 0 Å². The van der Waals surface area contributed by atoms with E-state index in [9.17, 15) is 20.4 Å². The van der Waals surface area contributed by atoms with E-state index in [4.69, 9.17) is 0 Å². The minimum absolute atomic E-state index is 0.117. The van der Waals surface area contributed by atoms with Crippen molar-refractivity contribution < 1.29 is 20.4 Å². The second-order valence-corrected chi connectivity index (χ2v) is 11.4. The van der Waals surface area contributed by atoms with Gasteiger partial charge in [0.1, 0.15) is 0 Å². The molecule has 162 valence electrons. The first-order valence-electron chi connectivity index (χ1n) is 11.9. The average Bonchev–Trinajstić information content (AvgIpc) is 3.01. The van der Waals surface area contributed by atoms with Gasteiger partial charge in [-0.05, 0) is 104 Å². The Labute approximate surface area is 170 Å². The fraction of sp³-hybridized carbons (Fsp3) is 1.00. The molecule has 0 radical (unpaired) electrons. The van der Waals surface area contributed by atoms with E-state index in [-0.39, 0.29) is 35.7 Å². The first-order valence-corrected chi connectivity index (χ1v) is 11.9. The molecule has 0 saturated heterocycles. The Morgan fingerprint density at radius 3 is 2.43 bits per heavy atom. The summed E-state index contributed by atoms with van der Waals surface area (Å²) in [6, 6.07) is 0. The zero-order chi connectivity index (χ0) is 20.3. The topological polar surface area (TPSA) is 80.9 Å². The van der Waals surface area contributed by atoms with Gasteiger partial charge in [0.15, 0.2) is 0 Å². The summed E-state index contributed by atoms with van der Waals surface area (Å²) in [7, 11) is 0. The summed E-state index contributed by atoms with van der Waals surface area (Å²) in [4.78, 5) is 0. The lowest BCUT2D eigenvalue weighted by molar-refractivity contribution is -0.207. The maximum absolute atomic E-state index is 11.5. The number of hydrogen-bond donors (Lipinski definition) is 4. The lowest BCUT2D eigenvalue weighted by Gasteiger charge is -2.63. The molecule has 0 heterocycles. The summed E-state index contributed by atoms with van der Waals surface area (Å²) in [6.07, 6.45) is 7.62. The summed E-state index contributed by atoms with van der Waals surface area (Å²) in [5, 5.41) is 42.2. The second kappa shape index (κ2) is 7.51. The largest absolute Gasteiger partial charge is 0.396 e. The van der Waals surface area contributed by atoms with Crippen LogP contribution in [-0.4, -0.2) is 45.3 Å². The van der Waals surface area contributed by atoms with Crippen LogP contribution in [0.25, 0.3) is 0 Å². The van der Waals surface area contributed by atoms with Crippen molar-refractivity contribution in [3.63, 3.8) is 0 Å². The molecule has 4 rings (SSSR count). The van der Waals surface area contributed by atoms with Crippen LogP contribution in [0.4, 0.5) is 0 Å². The lowest BCUT2D eigenvalue weighted by Crippen LogP contribution is -2.62. The molecule has 28 heavy (non-hydrogen) atoms. The van der Waals surface area contributed by atoms with Gasteiger partial charge in [-0.3, -0.25) is 0 Å². The van der Waals surface area contributed by atoms with E-state index < -0.39 is 0 Å². The molecule has 4 N–H and O–H groups in total. The van der Waals surface area contributed by atoms with Crippen LogP contribution in [0.3, 0.4) is 0 Å². The molecule has 1 unspecified atom stereocenters. The third-order valence-electron chi connectivity index (χ3n) is 10.3. The van der Waals surface area contributed by atoms with Crippen LogP contribution in [0.5, 0.6) is 0 Å². The smallest absolute Gasteiger partial charge is 0.0602 e. The molecule has 0 bridgehead atoms. The van der Waals surface area contributed by atoms with Crippen molar-refractivity contribution in [2.45, 2.75) is 96.9 Å². The third-order valence-corrected chi connectivity index (χ3v) is 10.3. The van der Waals surface area contributed by atoms with E-state index >= 15 is 0 Å². The Kier molecular flexibility index (Phi) is 5.66. The summed E-state index contributed by atoms with van der Waals surface area (Å²) in [5.74, 6) is 2.41. The van der Waals surface area contributed by atoms with Crippen LogP contribution in [0.2, 0.25) is 0 Å². The molecule has 4 heteroatoms. The molecule has 4 saturated carbocycles. The Balaban J connectivity index is 1.62. The molecule has 0 aliphatic heterocycles. The van der Waals surface area contributed by atoms with Crippen LogP contribution in [0.15, 0.2) is 0 Å². The number of aliphatic hydroxyl groups is 4. The number of rotatable bonds is 4. The van der Waals surface area contributed by atoms with Crippen molar-refractivity contribution in [1.82, 2.24) is 0 Å². The highest BCUT2D eigenvalue weighted by Gasteiger charge is 2.65. The summed E-state index contributed by atoms with van der Waals surface area (Å²) < 4.78 is 0. The van der Waals surface area contributed by atoms with Gasteiger partial charge in [-0.15, -0.1) is 0 Å². The highest BCUT2D eigenvalue weighted by Crippen LogP contribution is 2.68. The van der Waals surface area contributed by atoms with Crippen molar-refractivity contribution >= 4 is 0 Å². The minimum atomic E-state index is -0.308. The number of aliphatic hydroxyl groups excluding tert-OH is 4. The summed E-state index contributed by atoms with van der Waals surface area (Å²) in [6.45, 7) is 7.23. The maximum atomic E-state index is 11.5. The Hall–Kier alpha value is -0.160. The highest BCUT2D eigenvalue weighted by atomic mass is 16.3. The van der Waals surface area contributed by atoms with Crippen LogP contribution >= 0.6 is 0 Å². The Bertz CT molecular complexity index is 567. The standard InChI is InChI=1S/C24H42O4/c1-14(5-4-10-25)17-6-7-18-22-19(13-21(28)24(17,18)3)23(2)9-8-16(26)11-15(23)12-20(22)27/h14-22,25-28H,4-13H2,1-3H3/t14-,15-,16-,17-,18+,19+,20-,21+,22?,23+,24-/m1/s1. The fourth-order valence-electron chi connectivity index (χ4n) is 8.75. The van der Waals surface area contributed by atoms with Gasteiger partial charge < -0.3 is 20.4 Å².